The van der Waals surface area contributed by atoms with Crippen LogP contribution in [0.4, 0.5) is 5.69 Å². The molecule has 0 saturated carbocycles. The summed E-state index contributed by atoms with van der Waals surface area (Å²) in [5.74, 6) is 0.749. The van der Waals surface area contributed by atoms with Gasteiger partial charge in [-0.15, -0.1) is 0 Å². The maximum atomic E-state index is 12.2. The number of nitrogens with zero attached hydrogens (tertiary/aromatic N) is 2. The van der Waals surface area contributed by atoms with E-state index >= 15 is 0 Å². The number of nitriles is 1. The number of ether oxygens (including phenoxy) is 1. The molecule has 0 aliphatic rings. The average Bonchev–Trinajstić information content (AvgIpc) is 2.47. The number of pyridine rings is 1. The van der Waals surface area contributed by atoms with E-state index in [1.165, 1.54) is 7.11 Å². The van der Waals surface area contributed by atoms with Gasteiger partial charge in [-0.05, 0) is 29.8 Å². The highest BCUT2D eigenvalue weighted by Crippen LogP contribution is 2.21. The normalized spacial score (nSPS) is 11.6. The first-order valence-electron chi connectivity index (χ1n) is 5.81. The van der Waals surface area contributed by atoms with Crippen LogP contribution < -0.4 is 10.5 Å². The Balaban J connectivity index is 2.25. The average molecular weight is 287 g/mol. The molecule has 0 aliphatic carbocycles. The molecule has 2 aromatic rings. The van der Waals surface area contributed by atoms with Crippen molar-refractivity contribution in [3.05, 3.63) is 47.7 Å². The first kappa shape index (κ1) is 14.0. The van der Waals surface area contributed by atoms with Gasteiger partial charge in [-0.25, -0.2) is 4.98 Å². The van der Waals surface area contributed by atoms with Gasteiger partial charge in [-0.3, -0.25) is 4.21 Å². The smallest absolute Gasteiger partial charge is 0.150 e. The number of nitrogen functional groups attached to an aromatic ring is 1. The zero-order valence-electron chi connectivity index (χ0n) is 10.9. The van der Waals surface area contributed by atoms with Gasteiger partial charge in [0.1, 0.15) is 16.8 Å². The summed E-state index contributed by atoms with van der Waals surface area (Å²) in [6.07, 6.45) is 1.55. The van der Waals surface area contributed by atoms with Gasteiger partial charge in [-0.1, -0.05) is 6.07 Å². The maximum Gasteiger partial charge on any atom is 0.150 e. The Morgan fingerprint density at radius 1 is 1.45 bits per heavy atom. The van der Waals surface area contributed by atoms with Crippen molar-refractivity contribution in [1.82, 2.24) is 4.98 Å². The molecule has 0 aliphatic heterocycles. The van der Waals surface area contributed by atoms with Crippen LogP contribution in [0.2, 0.25) is 0 Å². The van der Waals surface area contributed by atoms with Gasteiger partial charge >= 0.3 is 0 Å². The second-order valence-corrected chi connectivity index (χ2v) is 5.40. The molecule has 102 valence electrons. The Bertz CT molecular complexity index is 695. The van der Waals surface area contributed by atoms with Gasteiger partial charge in [0.05, 0.1) is 34.9 Å². The van der Waals surface area contributed by atoms with E-state index in [4.69, 9.17) is 15.7 Å². The lowest BCUT2D eigenvalue weighted by Gasteiger charge is -2.07. The number of hydrogen-bond acceptors (Lipinski definition) is 5. The van der Waals surface area contributed by atoms with Crippen LogP contribution in [-0.4, -0.2) is 16.3 Å². The van der Waals surface area contributed by atoms with Crippen molar-refractivity contribution >= 4 is 16.5 Å². The highest BCUT2D eigenvalue weighted by molar-refractivity contribution is 7.84. The largest absolute Gasteiger partial charge is 0.495 e. The fraction of sp³-hybridized carbons (Fsp3) is 0.143. The first-order valence-corrected chi connectivity index (χ1v) is 7.13. The van der Waals surface area contributed by atoms with Gasteiger partial charge in [0.25, 0.3) is 0 Å². The van der Waals surface area contributed by atoms with Crippen LogP contribution in [0, 0.1) is 11.3 Å². The molecule has 5 nitrogen and oxygen atoms in total. The minimum absolute atomic E-state index is 0.250. The van der Waals surface area contributed by atoms with E-state index in [2.05, 4.69) is 4.98 Å². The molecule has 2 rings (SSSR count). The molecular weight excluding hydrogens is 274 g/mol. The van der Waals surface area contributed by atoms with Crippen molar-refractivity contribution in [2.24, 2.45) is 0 Å². The van der Waals surface area contributed by atoms with E-state index in [0.717, 1.165) is 5.56 Å². The van der Waals surface area contributed by atoms with Gasteiger partial charge in [-0.2, -0.15) is 5.26 Å². The van der Waals surface area contributed by atoms with Crippen LogP contribution in [0.5, 0.6) is 5.75 Å². The molecule has 0 fully saturated rings. The molecule has 1 atom stereocenters. The predicted molar refractivity (Wildman–Crippen MR) is 76.5 cm³/mol. The number of hydrogen-bond donors (Lipinski definition) is 1. The molecule has 0 saturated heterocycles. The first-order chi connectivity index (χ1) is 9.65. The van der Waals surface area contributed by atoms with Crippen LogP contribution >= 0.6 is 0 Å². The van der Waals surface area contributed by atoms with E-state index in [1.54, 1.807) is 36.5 Å². The van der Waals surface area contributed by atoms with Gasteiger partial charge in [0.15, 0.2) is 0 Å². The zero-order chi connectivity index (χ0) is 14.5. The SMILES string of the molecule is COc1ccc(CS(=O)c2ncccc2N)cc1C#N. The Morgan fingerprint density at radius 2 is 2.25 bits per heavy atom. The Kier molecular flexibility index (Phi) is 4.33. The molecule has 1 aromatic heterocycles. The lowest BCUT2D eigenvalue weighted by molar-refractivity contribution is 0.413. The summed E-state index contributed by atoms with van der Waals surface area (Å²) >= 11 is 0. The van der Waals surface area contributed by atoms with E-state index in [0.29, 0.717) is 22.0 Å². The minimum atomic E-state index is -1.35. The van der Waals surface area contributed by atoms with Crippen LogP contribution in [0.25, 0.3) is 0 Å². The summed E-state index contributed by atoms with van der Waals surface area (Å²) < 4.78 is 17.3. The molecule has 0 radical (unpaired) electrons. The zero-order valence-corrected chi connectivity index (χ0v) is 11.7. The van der Waals surface area contributed by atoms with Crippen LogP contribution in [0.3, 0.4) is 0 Å². The number of nitrogens with two attached hydrogens (primary N) is 1. The Morgan fingerprint density at radius 3 is 2.90 bits per heavy atom. The number of methoxy groups -OCH3 is 1. The summed E-state index contributed by atoms with van der Waals surface area (Å²) in [7, 11) is 0.151. The summed E-state index contributed by atoms with van der Waals surface area (Å²) in [4.78, 5) is 4.04. The topological polar surface area (TPSA) is 89.0 Å². The van der Waals surface area contributed by atoms with E-state index in [9.17, 15) is 4.21 Å². The fourth-order valence-corrected chi connectivity index (χ4v) is 2.87. The van der Waals surface area contributed by atoms with Crippen molar-refractivity contribution in [1.29, 1.82) is 5.26 Å². The van der Waals surface area contributed by atoms with Gasteiger partial charge in [0, 0.05) is 6.20 Å². The molecule has 0 amide bonds. The summed E-state index contributed by atoms with van der Waals surface area (Å²) in [5.41, 5.74) is 7.33. The minimum Gasteiger partial charge on any atom is -0.495 e. The fourth-order valence-electron chi connectivity index (χ4n) is 1.75. The van der Waals surface area contributed by atoms with Crippen molar-refractivity contribution in [3.8, 4) is 11.8 Å². The third-order valence-corrected chi connectivity index (χ3v) is 4.07. The number of aromatic nitrogens is 1. The molecule has 1 heterocycles. The maximum absolute atomic E-state index is 12.2. The monoisotopic (exact) mass is 287 g/mol. The van der Waals surface area contributed by atoms with E-state index in [1.807, 2.05) is 6.07 Å². The molecule has 6 heteroatoms. The van der Waals surface area contributed by atoms with E-state index < -0.39 is 10.8 Å². The lowest BCUT2D eigenvalue weighted by Crippen LogP contribution is -2.03. The third-order valence-electron chi connectivity index (χ3n) is 2.70. The number of anilines is 1. The summed E-state index contributed by atoms with van der Waals surface area (Å²) in [6.45, 7) is 0. The number of rotatable bonds is 4. The highest BCUT2D eigenvalue weighted by atomic mass is 32.2. The summed E-state index contributed by atoms with van der Waals surface area (Å²) in [5, 5.41) is 9.39. The van der Waals surface area contributed by atoms with Crippen LogP contribution in [0.15, 0.2) is 41.6 Å². The molecule has 2 N–H and O–H groups in total. The van der Waals surface area contributed by atoms with Gasteiger partial charge < -0.3 is 10.5 Å². The molecule has 1 aromatic carbocycles. The van der Waals surface area contributed by atoms with Crippen LogP contribution in [-0.2, 0) is 16.6 Å². The third kappa shape index (κ3) is 2.95. The lowest BCUT2D eigenvalue weighted by atomic mass is 10.1. The van der Waals surface area contributed by atoms with Crippen molar-refractivity contribution < 1.29 is 8.95 Å². The quantitative estimate of drug-likeness (QED) is 0.927. The second kappa shape index (κ2) is 6.17. The molecule has 0 bridgehead atoms. The number of benzene rings is 1. The molecular formula is C14H13N3O2S. The Labute approximate surface area is 119 Å². The van der Waals surface area contributed by atoms with Crippen LogP contribution in [0.1, 0.15) is 11.1 Å². The summed E-state index contributed by atoms with van der Waals surface area (Å²) in [6, 6.07) is 10.5. The van der Waals surface area contributed by atoms with Crippen molar-refractivity contribution in [2.45, 2.75) is 10.8 Å². The second-order valence-electron chi connectivity index (χ2n) is 4.03. The van der Waals surface area contributed by atoms with Crippen molar-refractivity contribution in [3.63, 3.8) is 0 Å². The Hall–Kier alpha value is -2.39. The molecule has 20 heavy (non-hydrogen) atoms. The van der Waals surface area contributed by atoms with E-state index in [-0.39, 0.29) is 5.75 Å². The molecule has 0 spiro atoms. The van der Waals surface area contributed by atoms with Crippen molar-refractivity contribution in [2.75, 3.05) is 12.8 Å². The standard InChI is InChI=1S/C14H13N3O2S/c1-19-13-5-4-10(7-11(13)8-15)9-20(18)14-12(16)3-2-6-17-14/h2-7H,9,16H2,1H3. The van der Waals surface area contributed by atoms with Gasteiger partial charge in [0.2, 0.25) is 0 Å². The highest BCUT2D eigenvalue weighted by Gasteiger charge is 2.11. The predicted octanol–water partition coefficient (Wildman–Crippen LogP) is 1.85. The molecule has 1 unspecified atom stereocenters.